The molecule has 0 saturated carbocycles. The van der Waals surface area contributed by atoms with Gasteiger partial charge in [-0.2, -0.15) is 0 Å². The van der Waals surface area contributed by atoms with E-state index in [-0.39, 0.29) is 17.5 Å². The van der Waals surface area contributed by atoms with E-state index in [0.717, 1.165) is 51.3 Å². The Bertz CT molecular complexity index is 710. The number of ether oxygens (including phenoxy) is 1. The minimum Gasteiger partial charge on any atom is -0.381 e. The van der Waals surface area contributed by atoms with Gasteiger partial charge in [0.15, 0.2) is 0 Å². The molecule has 3 aliphatic rings. The van der Waals surface area contributed by atoms with Crippen LogP contribution in [0.1, 0.15) is 43.3 Å². The van der Waals surface area contributed by atoms with Crippen LogP contribution in [0, 0.1) is 11.8 Å². The van der Waals surface area contributed by atoms with Crippen LogP contribution in [0.5, 0.6) is 0 Å². The number of nitrogens with one attached hydrogen (secondary N) is 1. The van der Waals surface area contributed by atoms with Crippen LogP contribution in [0.4, 0.5) is 0 Å². The van der Waals surface area contributed by atoms with Crippen LogP contribution in [0.2, 0.25) is 0 Å². The normalized spacial score (nSPS) is 29.2. The van der Waals surface area contributed by atoms with Crippen molar-refractivity contribution in [3.63, 3.8) is 0 Å². The Hall–Kier alpha value is -1.66. The van der Waals surface area contributed by atoms with Gasteiger partial charge in [0.1, 0.15) is 0 Å². The lowest BCUT2D eigenvalue weighted by molar-refractivity contribution is -0.123. The smallest absolute Gasteiger partial charge is 0.251 e. The fourth-order valence-electron chi connectivity index (χ4n) is 5.04. The number of amides is 1. The summed E-state index contributed by atoms with van der Waals surface area (Å²) in [6, 6.07) is 5.64. The first-order valence-electron chi connectivity index (χ1n) is 9.86. The summed E-state index contributed by atoms with van der Waals surface area (Å²) in [5.41, 5.74) is 1.19. The molecule has 4 rings (SSSR count). The molecular weight excluding hydrogens is 330 g/mol. The van der Waals surface area contributed by atoms with E-state index in [9.17, 15) is 9.59 Å². The maximum absolute atomic E-state index is 12.6. The number of carbonyl (C=O) groups is 1. The second-order valence-electron chi connectivity index (χ2n) is 8.20. The summed E-state index contributed by atoms with van der Waals surface area (Å²) in [5.74, 6) is 1.36. The van der Waals surface area contributed by atoms with Crippen molar-refractivity contribution in [3.05, 3.63) is 34.2 Å². The molecule has 4 heterocycles. The SMILES string of the molecule is CN1C[C@H]2C[C@@H](C1)[C@H](CNC(=O)CC1CCOCC1)n1c2cccc1=O. The van der Waals surface area contributed by atoms with Crippen molar-refractivity contribution in [3.8, 4) is 0 Å². The fraction of sp³-hybridized carbons (Fsp3) is 0.700. The minimum atomic E-state index is 0.0522. The quantitative estimate of drug-likeness (QED) is 0.882. The van der Waals surface area contributed by atoms with Crippen LogP contribution < -0.4 is 10.9 Å². The molecule has 3 atom stereocenters. The lowest BCUT2D eigenvalue weighted by Gasteiger charge is -2.46. The van der Waals surface area contributed by atoms with E-state index in [2.05, 4.69) is 23.3 Å². The second-order valence-corrected chi connectivity index (χ2v) is 8.20. The number of hydrogen-bond acceptors (Lipinski definition) is 4. The van der Waals surface area contributed by atoms with Crippen LogP contribution >= 0.6 is 0 Å². The number of likely N-dealkylation sites (tertiary alicyclic amines) is 1. The number of carbonyl (C=O) groups excluding carboxylic acids is 1. The van der Waals surface area contributed by atoms with Crippen LogP contribution in [0.15, 0.2) is 23.0 Å². The topological polar surface area (TPSA) is 63.6 Å². The highest BCUT2D eigenvalue weighted by Crippen LogP contribution is 2.40. The zero-order valence-electron chi connectivity index (χ0n) is 15.5. The highest BCUT2D eigenvalue weighted by atomic mass is 16.5. The van der Waals surface area contributed by atoms with Gasteiger partial charge < -0.3 is 19.5 Å². The molecule has 1 aromatic rings. The van der Waals surface area contributed by atoms with E-state index in [1.54, 1.807) is 6.07 Å². The van der Waals surface area contributed by atoms with Gasteiger partial charge in [-0.15, -0.1) is 0 Å². The van der Waals surface area contributed by atoms with E-state index >= 15 is 0 Å². The molecule has 142 valence electrons. The molecule has 6 heteroatoms. The zero-order chi connectivity index (χ0) is 18.1. The first kappa shape index (κ1) is 17.7. The summed E-state index contributed by atoms with van der Waals surface area (Å²) in [7, 11) is 2.15. The molecule has 3 aliphatic heterocycles. The van der Waals surface area contributed by atoms with Crippen molar-refractivity contribution < 1.29 is 9.53 Å². The van der Waals surface area contributed by atoms with Gasteiger partial charge in [-0.25, -0.2) is 0 Å². The van der Waals surface area contributed by atoms with Crippen molar-refractivity contribution in [1.29, 1.82) is 0 Å². The molecule has 0 unspecified atom stereocenters. The third-order valence-electron chi connectivity index (χ3n) is 6.30. The first-order valence-corrected chi connectivity index (χ1v) is 9.86. The van der Waals surface area contributed by atoms with Gasteiger partial charge in [0.25, 0.3) is 5.56 Å². The van der Waals surface area contributed by atoms with Gasteiger partial charge >= 0.3 is 0 Å². The van der Waals surface area contributed by atoms with E-state index in [1.807, 2.05) is 10.6 Å². The maximum atomic E-state index is 12.6. The van der Waals surface area contributed by atoms with Gasteiger partial charge in [-0.1, -0.05) is 6.07 Å². The average molecular weight is 359 g/mol. The monoisotopic (exact) mass is 359 g/mol. The Labute approximate surface area is 154 Å². The molecular formula is C20H29N3O3. The minimum absolute atomic E-state index is 0.0522. The van der Waals surface area contributed by atoms with Crippen LogP contribution in [-0.2, 0) is 9.53 Å². The van der Waals surface area contributed by atoms with Crippen LogP contribution in [-0.4, -0.2) is 55.3 Å². The molecule has 2 bridgehead atoms. The third-order valence-corrected chi connectivity index (χ3v) is 6.30. The highest BCUT2D eigenvalue weighted by molar-refractivity contribution is 5.76. The van der Waals surface area contributed by atoms with Gasteiger partial charge in [-0.3, -0.25) is 9.59 Å². The zero-order valence-corrected chi connectivity index (χ0v) is 15.5. The molecule has 0 aliphatic carbocycles. The predicted octanol–water partition coefficient (Wildman–Crippen LogP) is 1.37. The molecule has 6 nitrogen and oxygen atoms in total. The molecule has 0 radical (unpaired) electrons. The molecule has 26 heavy (non-hydrogen) atoms. The first-order chi connectivity index (χ1) is 12.6. The molecule has 0 spiro atoms. The lowest BCUT2D eigenvalue weighted by Crippen LogP contribution is -2.51. The Morgan fingerprint density at radius 1 is 1.27 bits per heavy atom. The maximum Gasteiger partial charge on any atom is 0.251 e. The van der Waals surface area contributed by atoms with Crippen molar-refractivity contribution >= 4 is 5.91 Å². The van der Waals surface area contributed by atoms with Crippen molar-refractivity contribution in [2.45, 2.75) is 37.6 Å². The van der Waals surface area contributed by atoms with Crippen LogP contribution in [0.3, 0.4) is 0 Å². The van der Waals surface area contributed by atoms with Gasteiger partial charge in [0.05, 0.1) is 6.04 Å². The number of fused-ring (bicyclic) bond motifs is 4. The summed E-state index contributed by atoms with van der Waals surface area (Å²) < 4.78 is 7.33. The standard InChI is InChI=1S/C20H29N3O3/c1-22-12-15-10-16(13-22)18(23-17(15)3-2-4-20(23)25)11-21-19(24)9-14-5-7-26-8-6-14/h2-4,14-16,18H,5-13H2,1H3,(H,21,24)/t15-,16+,18+/m1/s1. The average Bonchev–Trinajstić information content (AvgIpc) is 2.62. The Kier molecular flexibility index (Phi) is 5.14. The third kappa shape index (κ3) is 3.58. The van der Waals surface area contributed by atoms with E-state index in [0.29, 0.717) is 30.7 Å². The largest absolute Gasteiger partial charge is 0.381 e. The second kappa shape index (κ2) is 7.53. The van der Waals surface area contributed by atoms with Crippen molar-refractivity contribution in [2.24, 2.45) is 11.8 Å². The number of hydrogen-bond donors (Lipinski definition) is 1. The van der Waals surface area contributed by atoms with Crippen molar-refractivity contribution in [2.75, 3.05) is 39.9 Å². The van der Waals surface area contributed by atoms with E-state index < -0.39 is 0 Å². The van der Waals surface area contributed by atoms with E-state index in [4.69, 9.17) is 4.74 Å². The number of rotatable bonds is 4. The van der Waals surface area contributed by atoms with E-state index in [1.165, 1.54) is 0 Å². The molecule has 0 aromatic carbocycles. The summed E-state index contributed by atoms with van der Waals surface area (Å²) in [6.45, 7) is 4.06. The summed E-state index contributed by atoms with van der Waals surface area (Å²) in [6.07, 6.45) is 3.61. The van der Waals surface area contributed by atoms with Gasteiger partial charge in [-0.05, 0) is 44.2 Å². The van der Waals surface area contributed by atoms with Gasteiger partial charge in [0.2, 0.25) is 5.91 Å². The Morgan fingerprint density at radius 3 is 2.88 bits per heavy atom. The molecule has 2 fully saturated rings. The van der Waals surface area contributed by atoms with Gasteiger partial charge in [0, 0.05) is 56.9 Å². The summed E-state index contributed by atoms with van der Waals surface area (Å²) >= 11 is 0. The number of aromatic nitrogens is 1. The highest BCUT2D eigenvalue weighted by Gasteiger charge is 2.39. The molecule has 1 aromatic heterocycles. The molecule has 1 N–H and O–H groups in total. The Morgan fingerprint density at radius 2 is 2.08 bits per heavy atom. The number of pyridine rings is 1. The molecule has 2 saturated heterocycles. The summed E-state index contributed by atoms with van der Waals surface area (Å²) in [4.78, 5) is 27.4. The van der Waals surface area contributed by atoms with Crippen LogP contribution in [0.25, 0.3) is 0 Å². The van der Waals surface area contributed by atoms with Crippen molar-refractivity contribution in [1.82, 2.24) is 14.8 Å². The molecule has 1 amide bonds. The number of nitrogens with zero attached hydrogens (tertiary/aromatic N) is 2. The number of likely N-dealkylation sites (N-methyl/N-ethyl adjacent to an activating group) is 1. The predicted molar refractivity (Wildman–Crippen MR) is 99.3 cm³/mol. The number of piperidine rings is 1. The summed E-state index contributed by atoms with van der Waals surface area (Å²) in [5, 5.41) is 3.13. The lowest BCUT2D eigenvalue weighted by atomic mass is 9.78. The fourth-order valence-corrected chi connectivity index (χ4v) is 5.04. The Balaban J connectivity index is 1.47.